The number of hydrogen-bond acceptors (Lipinski definition) is 2. The Morgan fingerprint density at radius 3 is 2.50 bits per heavy atom. The van der Waals surface area contributed by atoms with Crippen LogP contribution in [0.4, 0.5) is 14.5 Å². The van der Waals surface area contributed by atoms with Gasteiger partial charge in [0.15, 0.2) is 11.6 Å². The molecule has 0 aliphatic carbocycles. The van der Waals surface area contributed by atoms with Crippen molar-refractivity contribution in [2.24, 2.45) is 5.92 Å². The molecule has 2 amide bonds. The van der Waals surface area contributed by atoms with Crippen LogP contribution in [0.5, 0.6) is 0 Å². The van der Waals surface area contributed by atoms with Gasteiger partial charge in [0.05, 0.1) is 0 Å². The maximum Gasteiger partial charge on any atom is 0.227 e. The molecule has 1 aliphatic rings. The molecule has 0 saturated carbocycles. The molecule has 22 heavy (non-hydrogen) atoms. The molecule has 0 atom stereocenters. The van der Waals surface area contributed by atoms with Crippen LogP contribution in [0.1, 0.15) is 32.6 Å². The first-order chi connectivity index (χ1) is 10.5. The molecule has 1 heterocycles. The third-order valence-electron chi connectivity index (χ3n) is 3.87. The van der Waals surface area contributed by atoms with E-state index in [1.807, 2.05) is 6.92 Å². The van der Waals surface area contributed by atoms with E-state index >= 15 is 0 Å². The standard InChI is InChI=1S/C16H20F2N2O2/c1-2-3-15(21)20-8-6-11(7-9-20)16(22)19-12-4-5-13(17)14(18)10-12/h4-5,10-11H,2-3,6-9H2,1H3,(H,19,22). The van der Waals surface area contributed by atoms with E-state index in [1.54, 1.807) is 4.90 Å². The number of carbonyl (C=O) groups excluding carboxylic acids is 2. The van der Waals surface area contributed by atoms with E-state index in [4.69, 9.17) is 0 Å². The van der Waals surface area contributed by atoms with Crippen molar-refractivity contribution in [1.82, 2.24) is 4.90 Å². The van der Waals surface area contributed by atoms with E-state index in [2.05, 4.69) is 5.32 Å². The van der Waals surface area contributed by atoms with E-state index in [-0.39, 0.29) is 23.4 Å². The third kappa shape index (κ3) is 4.02. The highest BCUT2D eigenvalue weighted by Crippen LogP contribution is 2.21. The molecule has 2 rings (SSSR count). The van der Waals surface area contributed by atoms with Crippen LogP contribution in [0.2, 0.25) is 0 Å². The Labute approximate surface area is 128 Å². The summed E-state index contributed by atoms with van der Waals surface area (Å²) in [6.07, 6.45) is 2.52. The molecule has 0 spiro atoms. The van der Waals surface area contributed by atoms with Gasteiger partial charge in [-0.3, -0.25) is 9.59 Å². The van der Waals surface area contributed by atoms with E-state index in [1.165, 1.54) is 6.07 Å². The number of amides is 2. The van der Waals surface area contributed by atoms with Gasteiger partial charge in [-0.2, -0.15) is 0 Å². The zero-order chi connectivity index (χ0) is 16.1. The summed E-state index contributed by atoms with van der Waals surface area (Å²) in [6.45, 7) is 3.09. The number of rotatable bonds is 4. The van der Waals surface area contributed by atoms with Crippen molar-refractivity contribution in [3.05, 3.63) is 29.8 Å². The summed E-state index contributed by atoms with van der Waals surface area (Å²) in [4.78, 5) is 25.7. The minimum Gasteiger partial charge on any atom is -0.343 e. The van der Waals surface area contributed by atoms with E-state index in [0.717, 1.165) is 18.6 Å². The van der Waals surface area contributed by atoms with Crippen LogP contribution in [-0.4, -0.2) is 29.8 Å². The monoisotopic (exact) mass is 310 g/mol. The molecule has 0 unspecified atom stereocenters. The molecule has 1 saturated heterocycles. The van der Waals surface area contributed by atoms with Crippen LogP contribution in [-0.2, 0) is 9.59 Å². The van der Waals surface area contributed by atoms with Gasteiger partial charge < -0.3 is 10.2 Å². The minimum atomic E-state index is -0.988. The molecule has 0 radical (unpaired) electrons. The lowest BCUT2D eigenvalue weighted by atomic mass is 9.95. The highest BCUT2D eigenvalue weighted by atomic mass is 19.2. The molecule has 1 aliphatic heterocycles. The predicted molar refractivity (Wildman–Crippen MR) is 79.2 cm³/mol. The first-order valence-electron chi connectivity index (χ1n) is 7.55. The van der Waals surface area contributed by atoms with Gasteiger partial charge in [0.2, 0.25) is 11.8 Å². The molecule has 1 aromatic rings. The van der Waals surface area contributed by atoms with Gasteiger partial charge in [-0.05, 0) is 31.4 Å². The predicted octanol–water partition coefficient (Wildman–Crippen LogP) is 2.94. The van der Waals surface area contributed by atoms with Gasteiger partial charge >= 0.3 is 0 Å². The fourth-order valence-electron chi connectivity index (χ4n) is 2.58. The largest absolute Gasteiger partial charge is 0.343 e. The summed E-state index contributed by atoms with van der Waals surface area (Å²) in [7, 11) is 0. The third-order valence-corrected chi connectivity index (χ3v) is 3.87. The molecule has 1 N–H and O–H groups in total. The lowest BCUT2D eigenvalue weighted by Gasteiger charge is -2.31. The molecule has 1 fully saturated rings. The highest BCUT2D eigenvalue weighted by molar-refractivity contribution is 5.92. The number of piperidine rings is 1. The van der Waals surface area contributed by atoms with Crippen molar-refractivity contribution in [2.75, 3.05) is 18.4 Å². The first-order valence-corrected chi connectivity index (χ1v) is 7.55. The number of benzene rings is 1. The minimum absolute atomic E-state index is 0.127. The number of nitrogens with zero attached hydrogens (tertiary/aromatic N) is 1. The molecule has 4 nitrogen and oxygen atoms in total. The van der Waals surface area contributed by atoms with Crippen LogP contribution in [0.25, 0.3) is 0 Å². The Morgan fingerprint density at radius 1 is 1.23 bits per heavy atom. The van der Waals surface area contributed by atoms with Crippen molar-refractivity contribution in [3.8, 4) is 0 Å². The van der Waals surface area contributed by atoms with Gasteiger partial charge in [-0.15, -0.1) is 0 Å². The van der Waals surface area contributed by atoms with Crippen LogP contribution in [0, 0.1) is 17.6 Å². The smallest absolute Gasteiger partial charge is 0.227 e. The summed E-state index contributed by atoms with van der Waals surface area (Å²) < 4.78 is 26.0. The zero-order valence-corrected chi connectivity index (χ0v) is 12.6. The van der Waals surface area contributed by atoms with Crippen molar-refractivity contribution in [3.63, 3.8) is 0 Å². The summed E-state index contributed by atoms with van der Waals surface area (Å²) >= 11 is 0. The topological polar surface area (TPSA) is 49.4 Å². The zero-order valence-electron chi connectivity index (χ0n) is 12.6. The van der Waals surface area contributed by atoms with Crippen LogP contribution < -0.4 is 5.32 Å². The molecule has 0 aromatic heterocycles. The van der Waals surface area contributed by atoms with Crippen LogP contribution >= 0.6 is 0 Å². The summed E-state index contributed by atoms with van der Waals surface area (Å²) in [6, 6.07) is 3.28. The van der Waals surface area contributed by atoms with Crippen LogP contribution in [0.3, 0.4) is 0 Å². The second-order valence-corrected chi connectivity index (χ2v) is 5.52. The summed E-state index contributed by atoms with van der Waals surface area (Å²) in [5.74, 6) is -2.23. The van der Waals surface area contributed by atoms with Crippen molar-refractivity contribution < 1.29 is 18.4 Å². The fourth-order valence-corrected chi connectivity index (χ4v) is 2.58. The fraction of sp³-hybridized carbons (Fsp3) is 0.500. The number of carbonyl (C=O) groups is 2. The Hall–Kier alpha value is -1.98. The molecular formula is C16H20F2N2O2. The van der Waals surface area contributed by atoms with Crippen molar-refractivity contribution in [1.29, 1.82) is 0 Å². The van der Waals surface area contributed by atoms with E-state index in [0.29, 0.717) is 32.4 Å². The Kier molecular flexibility index (Phi) is 5.46. The maximum atomic E-state index is 13.1. The van der Waals surface area contributed by atoms with E-state index in [9.17, 15) is 18.4 Å². The summed E-state index contributed by atoms with van der Waals surface area (Å²) in [5.41, 5.74) is 0.244. The summed E-state index contributed by atoms with van der Waals surface area (Å²) in [5, 5.41) is 2.60. The Balaban J connectivity index is 1.87. The normalized spacial score (nSPS) is 15.7. The molecule has 0 bridgehead atoms. The van der Waals surface area contributed by atoms with E-state index < -0.39 is 11.6 Å². The maximum absolute atomic E-state index is 13.1. The van der Waals surface area contributed by atoms with Crippen molar-refractivity contribution in [2.45, 2.75) is 32.6 Å². The SMILES string of the molecule is CCCC(=O)N1CCC(C(=O)Nc2ccc(F)c(F)c2)CC1. The number of anilines is 1. The molecule has 1 aromatic carbocycles. The number of nitrogens with one attached hydrogen (secondary N) is 1. The van der Waals surface area contributed by atoms with Gasteiger partial charge in [-0.25, -0.2) is 8.78 Å². The number of hydrogen-bond donors (Lipinski definition) is 1. The second-order valence-electron chi connectivity index (χ2n) is 5.52. The Bertz CT molecular complexity index is 555. The molecule has 120 valence electrons. The highest BCUT2D eigenvalue weighted by Gasteiger charge is 2.27. The van der Waals surface area contributed by atoms with Gasteiger partial charge in [0.25, 0.3) is 0 Å². The van der Waals surface area contributed by atoms with Crippen LogP contribution in [0.15, 0.2) is 18.2 Å². The van der Waals surface area contributed by atoms with Crippen molar-refractivity contribution >= 4 is 17.5 Å². The average Bonchev–Trinajstić information content (AvgIpc) is 2.51. The average molecular weight is 310 g/mol. The molecular weight excluding hydrogens is 290 g/mol. The molecule has 6 heteroatoms. The van der Waals surface area contributed by atoms with Gasteiger partial charge in [-0.1, -0.05) is 6.92 Å². The second kappa shape index (κ2) is 7.33. The number of halogens is 2. The van der Waals surface area contributed by atoms with Gasteiger partial charge in [0.1, 0.15) is 0 Å². The number of likely N-dealkylation sites (tertiary alicyclic amines) is 1. The quantitative estimate of drug-likeness (QED) is 0.929. The lowest BCUT2D eigenvalue weighted by Crippen LogP contribution is -2.41. The van der Waals surface area contributed by atoms with Gasteiger partial charge in [0, 0.05) is 37.2 Å². The lowest BCUT2D eigenvalue weighted by molar-refractivity contribution is -0.134. The first kappa shape index (κ1) is 16.4. The Morgan fingerprint density at radius 2 is 1.91 bits per heavy atom.